The van der Waals surface area contributed by atoms with Crippen LogP contribution >= 0.6 is 15.9 Å². The highest BCUT2D eigenvalue weighted by Crippen LogP contribution is 2.17. The smallest absolute Gasteiger partial charge is 0.224 e. The zero-order valence-corrected chi connectivity index (χ0v) is 11.5. The minimum absolute atomic E-state index is 0.0643. The van der Waals surface area contributed by atoms with Gasteiger partial charge in [-0.2, -0.15) is 0 Å². The molecule has 3 nitrogen and oxygen atoms in total. The first kappa shape index (κ1) is 14.1. The minimum atomic E-state index is -0.321. The molecule has 1 unspecified atom stereocenters. The molecule has 0 aliphatic heterocycles. The van der Waals surface area contributed by atoms with Gasteiger partial charge in [-0.3, -0.25) is 4.79 Å². The van der Waals surface area contributed by atoms with Gasteiger partial charge in [-0.05, 0) is 47.6 Å². The number of benzene rings is 1. The summed E-state index contributed by atoms with van der Waals surface area (Å²) in [6.45, 7) is 2.56. The maximum Gasteiger partial charge on any atom is 0.224 e. The van der Waals surface area contributed by atoms with Gasteiger partial charge in [0.1, 0.15) is 5.82 Å². The van der Waals surface area contributed by atoms with Gasteiger partial charge >= 0.3 is 0 Å². The number of carbonyl (C=O) groups excluding carboxylic acids is 1. The second kappa shape index (κ2) is 6.71. The molecule has 0 saturated carbocycles. The molecule has 0 aromatic heterocycles. The van der Waals surface area contributed by atoms with E-state index >= 15 is 0 Å². The topological polar surface area (TPSA) is 41.1 Å². The van der Waals surface area contributed by atoms with Crippen LogP contribution in [0.4, 0.5) is 4.39 Å². The summed E-state index contributed by atoms with van der Waals surface area (Å²) in [6, 6.07) is 4.82. The Morgan fingerprint density at radius 1 is 1.53 bits per heavy atom. The number of carbonyl (C=O) groups is 1. The summed E-state index contributed by atoms with van der Waals surface area (Å²) in [5.74, 6) is -0.386. The molecule has 0 radical (unpaired) electrons. The van der Waals surface area contributed by atoms with Gasteiger partial charge in [0.2, 0.25) is 5.91 Å². The fraction of sp³-hybridized carbons (Fsp3) is 0.417. The summed E-state index contributed by atoms with van der Waals surface area (Å²) in [5.41, 5.74) is 0.785. The van der Waals surface area contributed by atoms with Gasteiger partial charge < -0.3 is 10.6 Å². The molecule has 1 rings (SSSR count). The Balaban J connectivity index is 2.48. The van der Waals surface area contributed by atoms with E-state index in [2.05, 4.69) is 26.6 Å². The molecule has 0 heterocycles. The SMILES string of the molecule is CNC(C)CNC(=O)Cc1ccc(F)c(Br)c1. The Labute approximate surface area is 109 Å². The first-order chi connectivity index (χ1) is 8.02. The van der Waals surface area contributed by atoms with Crippen LogP contribution in [0, 0.1) is 5.82 Å². The Hall–Kier alpha value is -0.940. The largest absolute Gasteiger partial charge is 0.354 e. The van der Waals surface area contributed by atoms with Crippen molar-refractivity contribution in [1.82, 2.24) is 10.6 Å². The summed E-state index contributed by atoms with van der Waals surface area (Å²) in [7, 11) is 1.84. The highest BCUT2D eigenvalue weighted by Gasteiger charge is 2.07. The summed E-state index contributed by atoms with van der Waals surface area (Å²) in [4.78, 5) is 11.6. The van der Waals surface area contributed by atoms with Crippen LogP contribution in [0.2, 0.25) is 0 Å². The fourth-order valence-electron chi connectivity index (χ4n) is 1.27. The molecule has 1 aromatic carbocycles. The first-order valence-corrected chi connectivity index (χ1v) is 6.20. The monoisotopic (exact) mass is 302 g/mol. The van der Waals surface area contributed by atoms with E-state index in [0.29, 0.717) is 11.0 Å². The van der Waals surface area contributed by atoms with Crippen molar-refractivity contribution in [2.45, 2.75) is 19.4 Å². The number of hydrogen-bond donors (Lipinski definition) is 2. The van der Waals surface area contributed by atoms with Crippen LogP contribution in [0.5, 0.6) is 0 Å². The number of halogens is 2. The van der Waals surface area contributed by atoms with Crippen molar-refractivity contribution in [3.63, 3.8) is 0 Å². The lowest BCUT2D eigenvalue weighted by Gasteiger charge is -2.11. The van der Waals surface area contributed by atoms with E-state index in [9.17, 15) is 9.18 Å². The predicted octanol–water partition coefficient (Wildman–Crippen LogP) is 1.85. The molecule has 0 aliphatic carbocycles. The maximum absolute atomic E-state index is 13.0. The van der Waals surface area contributed by atoms with Crippen LogP contribution in [0.1, 0.15) is 12.5 Å². The first-order valence-electron chi connectivity index (χ1n) is 5.41. The summed E-state index contributed by atoms with van der Waals surface area (Å²) in [5, 5.41) is 5.83. The van der Waals surface area contributed by atoms with Gasteiger partial charge in [-0.15, -0.1) is 0 Å². The van der Waals surface area contributed by atoms with Crippen molar-refractivity contribution in [1.29, 1.82) is 0 Å². The quantitative estimate of drug-likeness (QED) is 0.872. The van der Waals surface area contributed by atoms with Crippen LogP contribution in [0.3, 0.4) is 0 Å². The Morgan fingerprint density at radius 3 is 2.82 bits per heavy atom. The van der Waals surface area contributed by atoms with Crippen LogP contribution < -0.4 is 10.6 Å². The van der Waals surface area contributed by atoms with Crippen molar-refractivity contribution >= 4 is 21.8 Å². The molecule has 0 spiro atoms. The van der Waals surface area contributed by atoms with Gasteiger partial charge in [0.25, 0.3) is 0 Å². The number of rotatable bonds is 5. The normalized spacial score (nSPS) is 12.2. The van der Waals surface area contributed by atoms with Gasteiger partial charge in [0.05, 0.1) is 10.9 Å². The molecule has 0 saturated heterocycles. The molecule has 1 aromatic rings. The molecule has 1 atom stereocenters. The van der Waals surface area contributed by atoms with Crippen LogP contribution in [-0.4, -0.2) is 25.5 Å². The molecule has 2 N–H and O–H groups in total. The Kier molecular flexibility index (Phi) is 5.58. The van der Waals surface area contributed by atoms with Crippen molar-refractivity contribution in [3.8, 4) is 0 Å². The van der Waals surface area contributed by atoms with E-state index in [4.69, 9.17) is 0 Å². The van der Waals surface area contributed by atoms with Gasteiger partial charge in [-0.25, -0.2) is 4.39 Å². The van der Waals surface area contributed by atoms with E-state index < -0.39 is 0 Å². The van der Waals surface area contributed by atoms with Gasteiger partial charge in [0, 0.05) is 12.6 Å². The van der Waals surface area contributed by atoms with Crippen molar-refractivity contribution < 1.29 is 9.18 Å². The third kappa shape index (κ3) is 4.83. The molecule has 0 bridgehead atoms. The number of nitrogens with one attached hydrogen (secondary N) is 2. The lowest BCUT2D eigenvalue weighted by Crippen LogP contribution is -2.37. The summed E-state index contributed by atoms with van der Waals surface area (Å²) in [6.07, 6.45) is 0.259. The average molecular weight is 303 g/mol. The van der Waals surface area contributed by atoms with Crippen molar-refractivity contribution in [3.05, 3.63) is 34.1 Å². The van der Waals surface area contributed by atoms with Crippen molar-refractivity contribution in [2.24, 2.45) is 0 Å². The summed E-state index contributed by atoms with van der Waals surface area (Å²) < 4.78 is 13.4. The van der Waals surface area contributed by atoms with E-state index in [0.717, 1.165) is 5.56 Å². The number of hydrogen-bond acceptors (Lipinski definition) is 2. The predicted molar refractivity (Wildman–Crippen MR) is 69.3 cm³/mol. The minimum Gasteiger partial charge on any atom is -0.354 e. The molecule has 94 valence electrons. The third-order valence-corrected chi connectivity index (χ3v) is 3.05. The van der Waals surface area contributed by atoms with Gasteiger partial charge in [-0.1, -0.05) is 6.07 Å². The molecule has 1 amide bonds. The lowest BCUT2D eigenvalue weighted by atomic mass is 10.1. The highest BCUT2D eigenvalue weighted by molar-refractivity contribution is 9.10. The lowest BCUT2D eigenvalue weighted by molar-refractivity contribution is -0.120. The molecular weight excluding hydrogens is 287 g/mol. The van der Waals surface area contributed by atoms with E-state index in [1.807, 2.05) is 14.0 Å². The maximum atomic E-state index is 13.0. The molecule has 0 fully saturated rings. The Morgan fingerprint density at radius 2 is 2.24 bits per heavy atom. The van der Waals surface area contributed by atoms with E-state index in [1.54, 1.807) is 12.1 Å². The zero-order valence-electron chi connectivity index (χ0n) is 9.89. The number of likely N-dealkylation sites (N-methyl/N-ethyl adjacent to an activating group) is 1. The Bertz CT molecular complexity index is 398. The van der Waals surface area contributed by atoms with Gasteiger partial charge in [0.15, 0.2) is 0 Å². The van der Waals surface area contributed by atoms with Crippen LogP contribution in [-0.2, 0) is 11.2 Å². The average Bonchev–Trinajstić information content (AvgIpc) is 2.31. The molecule has 0 aliphatic rings. The third-order valence-electron chi connectivity index (χ3n) is 2.45. The second-order valence-corrected chi connectivity index (χ2v) is 4.77. The van der Waals surface area contributed by atoms with E-state index in [1.165, 1.54) is 6.07 Å². The molecular formula is C12H16BrFN2O. The highest BCUT2D eigenvalue weighted by atomic mass is 79.9. The van der Waals surface area contributed by atoms with Crippen molar-refractivity contribution in [2.75, 3.05) is 13.6 Å². The summed E-state index contributed by atoms with van der Waals surface area (Å²) >= 11 is 3.09. The van der Waals surface area contributed by atoms with Crippen LogP contribution in [0.15, 0.2) is 22.7 Å². The van der Waals surface area contributed by atoms with Crippen LogP contribution in [0.25, 0.3) is 0 Å². The zero-order chi connectivity index (χ0) is 12.8. The number of amides is 1. The fourth-order valence-corrected chi connectivity index (χ4v) is 1.69. The van der Waals surface area contributed by atoms with E-state index in [-0.39, 0.29) is 24.2 Å². The molecule has 17 heavy (non-hydrogen) atoms. The molecule has 5 heteroatoms. The second-order valence-electron chi connectivity index (χ2n) is 3.92. The standard InChI is InChI=1S/C12H16BrFN2O/c1-8(15-2)7-16-12(17)6-9-3-4-11(14)10(13)5-9/h3-5,8,15H,6-7H2,1-2H3,(H,16,17).